The fourth-order valence-corrected chi connectivity index (χ4v) is 3.14. The number of nitrogens with one attached hydrogen (secondary N) is 1. The molecular formula is C13H14BrNS. The third kappa shape index (κ3) is 2.37. The zero-order valence-corrected chi connectivity index (χ0v) is 11.8. The minimum Gasteiger partial charge on any atom is -0.316 e. The van der Waals surface area contributed by atoms with E-state index >= 15 is 0 Å². The lowest BCUT2D eigenvalue weighted by Gasteiger charge is -2.06. The van der Waals surface area contributed by atoms with Crippen LogP contribution in [-0.4, -0.2) is 7.05 Å². The molecule has 0 unspecified atom stereocenters. The van der Waals surface area contributed by atoms with E-state index in [4.69, 9.17) is 0 Å². The topological polar surface area (TPSA) is 12.0 Å². The van der Waals surface area contributed by atoms with Crippen molar-refractivity contribution in [2.24, 2.45) is 0 Å². The molecule has 0 amide bonds. The second-order valence-corrected chi connectivity index (χ2v) is 5.73. The first kappa shape index (κ1) is 11.8. The van der Waals surface area contributed by atoms with Crippen molar-refractivity contribution in [3.63, 3.8) is 0 Å². The van der Waals surface area contributed by atoms with Crippen molar-refractivity contribution in [1.82, 2.24) is 5.32 Å². The standard InChI is InChI=1S/C13H14BrNS/c1-9-13(11(7-15-2)8-16-9)10-4-3-5-12(14)6-10/h3-6,8,15H,7H2,1-2H3. The van der Waals surface area contributed by atoms with E-state index in [0.29, 0.717) is 0 Å². The molecule has 0 radical (unpaired) electrons. The van der Waals surface area contributed by atoms with Crippen molar-refractivity contribution < 1.29 is 0 Å². The molecule has 1 N–H and O–H groups in total. The lowest BCUT2D eigenvalue weighted by Crippen LogP contribution is -2.05. The van der Waals surface area contributed by atoms with E-state index < -0.39 is 0 Å². The van der Waals surface area contributed by atoms with Crippen LogP contribution in [-0.2, 0) is 6.54 Å². The first-order valence-corrected chi connectivity index (χ1v) is 6.87. The van der Waals surface area contributed by atoms with Gasteiger partial charge in [0.1, 0.15) is 0 Å². The van der Waals surface area contributed by atoms with Gasteiger partial charge in [-0.15, -0.1) is 11.3 Å². The molecule has 2 aromatic rings. The Morgan fingerprint density at radius 3 is 2.88 bits per heavy atom. The summed E-state index contributed by atoms with van der Waals surface area (Å²) in [7, 11) is 1.98. The maximum Gasteiger partial charge on any atom is 0.0217 e. The monoisotopic (exact) mass is 295 g/mol. The van der Waals surface area contributed by atoms with E-state index in [-0.39, 0.29) is 0 Å². The second-order valence-electron chi connectivity index (χ2n) is 3.73. The van der Waals surface area contributed by atoms with E-state index in [2.05, 4.69) is 57.8 Å². The lowest BCUT2D eigenvalue weighted by atomic mass is 10.0. The Balaban J connectivity index is 2.50. The minimum absolute atomic E-state index is 0.923. The Kier molecular flexibility index (Phi) is 3.79. The highest BCUT2D eigenvalue weighted by Gasteiger charge is 2.10. The maximum atomic E-state index is 3.52. The molecule has 1 aromatic carbocycles. The van der Waals surface area contributed by atoms with Crippen LogP contribution in [0.25, 0.3) is 11.1 Å². The van der Waals surface area contributed by atoms with Crippen molar-refractivity contribution in [2.45, 2.75) is 13.5 Å². The maximum absolute atomic E-state index is 3.52. The van der Waals surface area contributed by atoms with Crippen LogP contribution < -0.4 is 5.32 Å². The molecule has 0 atom stereocenters. The van der Waals surface area contributed by atoms with E-state index in [0.717, 1.165) is 11.0 Å². The van der Waals surface area contributed by atoms with Gasteiger partial charge in [0.15, 0.2) is 0 Å². The molecule has 2 rings (SSSR count). The molecule has 0 aliphatic rings. The molecule has 84 valence electrons. The van der Waals surface area contributed by atoms with Crippen LogP contribution in [0, 0.1) is 6.92 Å². The molecule has 0 saturated heterocycles. The number of hydrogen-bond donors (Lipinski definition) is 1. The fraction of sp³-hybridized carbons (Fsp3) is 0.231. The highest BCUT2D eigenvalue weighted by molar-refractivity contribution is 9.10. The van der Waals surface area contributed by atoms with Gasteiger partial charge in [-0.3, -0.25) is 0 Å². The lowest BCUT2D eigenvalue weighted by molar-refractivity contribution is 0.822. The number of benzene rings is 1. The quantitative estimate of drug-likeness (QED) is 0.895. The summed E-state index contributed by atoms with van der Waals surface area (Å²) in [5.74, 6) is 0. The Labute approximate surface area is 109 Å². The molecule has 0 aliphatic heterocycles. The predicted octanol–water partition coefficient (Wildman–Crippen LogP) is 4.21. The molecule has 16 heavy (non-hydrogen) atoms. The molecular weight excluding hydrogens is 282 g/mol. The summed E-state index contributed by atoms with van der Waals surface area (Å²) in [6.07, 6.45) is 0. The average Bonchev–Trinajstić information content (AvgIpc) is 2.60. The van der Waals surface area contributed by atoms with Crippen molar-refractivity contribution in [3.05, 3.63) is 44.6 Å². The van der Waals surface area contributed by atoms with Gasteiger partial charge in [0.25, 0.3) is 0 Å². The van der Waals surface area contributed by atoms with Gasteiger partial charge in [0, 0.05) is 15.9 Å². The average molecular weight is 296 g/mol. The Hall–Kier alpha value is -0.640. The van der Waals surface area contributed by atoms with Gasteiger partial charge >= 0.3 is 0 Å². The van der Waals surface area contributed by atoms with Crippen LogP contribution in [0.5, 0.6) is 0 Å². The van der Waals surface area contributed by atoms with Gasteiger partial charge < -0.3 is 5.32 Å². The third-order valence-corrected chi connectivity index (χ3v) is 3.98. The van der Waals surface area contributed by atoms with Crippen molar-refractivity contribution in [3.8, 4) is 11.1 Å². The molecule has 0 aliphatic carbocycles. The van der Waals surface area contributed by atoms with Crippen LogP contribution in [0.3, 0.4) is 0 Å². The number of thiophene rings is 1. The van der Waals surface area contributed by atoms with Gasteiger partial charge in [-0.05, 0) is 48.2 Å². The van der Waals surface area contributed by atoms with Crippen LogP contribution in [0.15, 0.2) is 34.1 Å². The van der Waals surface area contributed by atoms with E-state index in [1.54, 1.807) is 0 Å². The SMILES string of the molecule is CNCc1csc(C)c1-c1cccc(Br)c1. The number of hydrogen-bond acceptors (Lipinski definition) is 2. The molecule has 0 saturated carbocycles. The molecule has 0 fully saturated rings. The fourth-order valence-electron chi connectivity index (χ4n) is 1.86. The summed E-state index contributed by atoms with van der Waals surface area (Å²) in [6, 6.07) is 8.48. The Morgan fingerprint density at radius 2 is 2.19 bits per heavy atom. The summed E-state index contributed by atoms with van der Waals surface area (Å²) in [5, 5.41) is 5.46. The van der Waals surface area contributed by atoms with E-state index in [1.807, 2.05) is 18.4 Å². The van der Waals surface area contributed by atoms with Gasteiger partial charge in [0.05, 0.1) is 0 Å². The molecule has 3 heteroatoms. The largest absolute Gasteiger partial charge is 0.316 e. The van der Waals surface area contributed by atoms with Gasteiger partial charge in [0.2, 0.25) is 0 Å². The van der Waals surface area contributed by atoms with Crippen molar-refractivity contribution in [2.75, 3.05) is 7.05 Å². The molecule has 1 nitrogen and oxygen atoms in total. The Bertz CT molecular complexity index is 490. The van der Waals surface area contributed by atoms with E-state index in [1.165, 1.54) is 21.6 Å². The summed E-state index contributed by atoms with van der Waals surface area (Å²) in [6.45, 7) is 3.10. The first-order valence-electron chi connectivity index (χ1n) is 5.20. The van der Waals surface area contributed by atoms with Crippen LogP contribution >= 0.6 is 27.3 Å². The third-order valence-electron chi connectivity index (χ3n) is 2.53. The highest BCUT2D eigenvalue weighted by atomic mass is 79.9. The number of rotatable bonds is 3. The second kappa shape index (κ2) is 5.13. The van der Waals surface area contributed by atoms with Crippen LogP contribution in [0.2, 0.25) is 0 Å². The first-order chi connectivity index (χ1) is 7.72. The number of halogens is 1. The minimum atomic E-state index is 0.923. The van der Waals surface area contributed by atoms with Crippen molar-refractivity contribution in [1.29, 1.82) is 0 Å². The van der Waals surface area contributed by atoms with Gasteiger partial charge in [-0.1, -0.05) is 28.1 Å². The van der Waals surface area contributed by atoms with Crippen LogP contribution in [0.4, 0.5) is 0 Å². The van der Waals surface area contributed by atoms with E-state index in [9.17, 15) is 0 Å². The summed E-state index contributed by atoms with van der Waals surface area (Å²) < 4.78 is 1.13. The molecule has 0 bridgehead atoms. The summed E-state index contributed by atoms with van der Waals surface area (Å²) in [4.78, 5) is 1.38. The normalized spacial score (nSPS) is 10.7. The Morgan fingerprint density at radius 1 is 1.38 bits per heavy atom. The highest BCUT2D eigenvalue weighted by Crippen LogP contribution is 2.33. The smallest absolute Gasteiger partial charge is 0.0217 e. The molecule has 1 aromatic heterocycles. The zero-order chi connectivity index (χ0) is 11.5. The van der Waals surface area contributed by atoms with Crippen molar-refractivity contribution >= 4 is 27.3 Å². The zero-order valence-electron chi connectivity index (χ0n) is 9.38. The summed E-state index contributed by atoms with van der Waals surface area (Å²) >= 11 is 5.34. The molecule has 1 heterocycles. The van der Waals surface area contributed by atoms with Crippen LogP contribution in [0.1, 0.15) is 10.4 Å². The summed E-state index contributed by atoms with van der Waals surface area (Å²) in [5.41, 5.74) is 4.04. The van der Waals surface area contributed by atoms with Gasteiger partial charge in [-0.25, -0.2) is 0 Å². The van der Waals surface area contributed by atoms with Gasteiger partial charge in [-0.2, -0.15) is 0 Å². The predicted molar refractivity (Wildman–Crippen MR) is 75.0 cm³/mol. The molecule has 0 spiro atoms. The number of aryl methyl sites for hydroxylation is 1.